The first-order valence-corrected chi connectivity index (χ1v) is 4.61. The highest BCUT2D eigenvalue weighted by molar-refractivity contribution is 5.85. The van der Waals surface area contributed by atoms with Crippen molar-refractivity contribution in [3.63, 3.8) is 0 Å². The van der Waals surface area contributed by atoms with Crippen LogP contribution in [0.2, 0.25) is 0 Å². The van der Waals surface area contributed by atoms with Crippen LogP contribution in [0.5, 0.6) is 5.75 Å². The summed E-state index contributed by atoms with van der Waals surface area (Å²) in [6, 6.07) is 7.70. The first-order chi connectivity index (χ1) is 6.59. The van der Waals surface area contributed by atoms with Crippen molar-refractivity contribution in [3.05, 3.63) is 29.8 Å². The zero-order chi connectivity index (χ0) is 10.6. The number of benzene rings is 1. The lowest BCUT2D eigenvalue weighted by atomic mass is 9.94. The van der Waals surface area contributed by atoms with E-state index in [1.807, 2.05) is 31.2 Å². The van der Waals surface area contributed by atoms with Gasteiger partial charge in [0.05, 0.1) is 13.7 Å². The Balaban J connectivity index is 0.00000196. The molecule has 3 N–H and O–H groups in total. The number of hydrogen-bond donors (Lipinski definition) is 2. The fourth-order valence-electron chi connectivity index (χ4n) is 1.34. The average Bonchev–Trinajstić information content (AvgIpc) is 2.18. The van der Waals surface area contributed by atoms with Gasteiger partial charge in [-0.25, -0.2) is 0 Å². The summed E-state index contributed by atoms with van der Waals surface area (Å²) >= 11 is 0. The molecular weight excluding hydrogens is 214 g/mol. The van der Waals surface area contributed by atoms with Crippen LogP contribution in [0.25, 0.3) is 0 Å². The summed E-state index contributed by atoms with van der Waals surface area (Å²) < 4.78 is 5.20. The number of aliphatic hydroxyl groups excluding tert-OH is 1. The van der Waals surface area contributed by atoms with Crippen LogP contribution < -0.4 is 10.5 Å². The topological polar surface area (TPSA) is 55.5 Å². The molecule has 1 rings (SSSR count). The van der Waals surface area contributed by atoms with E-state index in [2.05, 4.69) is 0 Å². The molecule has 0 aliphatic rings. The Bertz CT molecular complexity index is 302. The zero-order valence-corrected chi connectivity index (χ0v) is 9.88. The maximum absolute atomic E-state index is 9.05. The minimum atomic E-state index is -0.589. The van der Waals surface area contributed by atoms with E-state index in [0.29, 0.717) is 6.42 Å². The predicted molar refractivity (Wildman–Crippen MR) is 63.6 cm³/mol. The SMILES string of the molecule is COc1ccccc1CC(C)(N)CO.Cl. The van der Waals surface area contributed by atoms with Gasteiger partial charge in [0.15, 0.2) is 0 Å². The molecule has 0 radical (unpaired) electrons. The lowest BCUT2D eigenvalue weighted by Gasteiger charge is -2.22. The van der Waals surface area contributed by atoms with E-state index < -0.39 is 5.54 Å². The number of aliphatic hydroxyl groups is 1. The van der Waals surface area contributed by atoms with Gasteiger partial charge in [0.1, 0.15) is 5.75 Å². The van der Waals surface area contributed by atoms with E-state index in [0.717, 1.165) is 11.3 Å². The van der Waals surface area contributed by atoms with E-state index in [4.69, 9.17) is 15.6 Å². The minimum Gasteiger partial charge on any atom is -0.496 e. The van der Waals surface area contributed by atoms with E-state index in [-0.39, 0.29) is 19.0 Å². The van der Waals surface area contributed by atoms with E-state index >= 15 is 0 Å². The zero-order valence-electron chi connectivity index (χ0n) is 9.06. The summed E-state index contributed by atoms with van der Waals surface area (Å²) in [7, 11) is 1.63. The van der Waals surface area contributed by atoms with E-state index in [9.17, 15) is 0 Å². The van der Waals surface area contributed by atoms with Crippen molar-refractivity contribution in [2.75, 3.05) is 13.7 Å². The molecule has 0 aliphatic heterocycles. The van der Waals surface area contributed by atoms with Gasteiger partial charge in [-0.1, -0.05) is 18.2 Å². The lowest BCUT2D eigenvalue weighted by molar-refractivity contribution is 0.207. The summed E-state index contributed by atoms with van der Waals surface area (Å²) in [4.78, 5) is 0. The maximum atomic E-state index is 9.05. The van der Waals surface area contributed by atoms with Crippen LogP contribution in [0.15, 0.2) is 24.3 Å². The quantitative estimate of drug-likeness (QED) is 0.823. The Kier molecular flexibility index (Phi) is 5.65. The van der Waals surface area contributed by atoms with Gasteiger partial charge in [-0.2, -0.15) is 0 Å². The fourth-order valence-corrected chi connectivity index (χ4v) is 1.34. The van der Waals surface area contributed by atoms with Crippen LogP contribution in [0.1, 0.15) is 12.5 Å². The third-order valence-corrected chi connectivity index (χ3v) is 2.15. The number of ether oxygens (including phenoxy) is 1. The third kappa shape index (κ3) is 4.08. The van der Waals surface area contributed by atoms with Gasteiger partial charge in [-0.05, 0) is 25.0 Å². The molecule has 4 heteroatoms. The van der Waals surface area contributed by atoms with Crippen molar-refractivity contribution in [2.24, 2.45) is 5.73 Å². The molecule has 0 aliphatic carbocycles. The Morgan fingerprint density at radius 2 is 2.00 bits per heavy atom. The highest BCUT2D eigenvalue weighted by Gasteiger charge is 2.19. The summed E-state index contributed by atoms with van der Waals surface area (Å²) in [6.07, 6.45) is 0.605. The number of halogens is 1. The molecule has 0 spiro atoms. The van der Waals surface area contributed by atoms with Crippen LogP contribution in [-0.4, -0.2) is 24.4 Å². The second-order valence-electron chi connectivity index (χ2n) is 3.80. The van der Waals surface area contributed by atoms with Gasteiger partial charge in [-0.3, -0.25) is 0 Å². The number of hydrogen-bond acceptors (Lipinski definition) is 3. The largest absolute Gasteiger partial charge is 0.496 e. The van der Waals surface area contributed by atoms with Crippen LogP contribution in [-0.2, 0) is 6.42 Å². The summed E-state index contributed by atoms with van der Waals surface area (Å²) in [5, 5.41) is 9.05. The van der Waals surface area contributed by atoms with Crippen molar-refractivity contribution in [3.8, 4) is 5.75 Å². The molecule has 0 heterocycles. The first kappa shape index (κ1) is 14.2. The molecule has 0 saturated carbocycles. The molecule has 3 nitrogen and oxygen atoms in total. The summed E-state index contributed by atoms with van der Waals surface area (Å²) in [5.41, 5.74) is 6.30. The maximum Gasteiger partial charge on any atom is 0.122 e. The highest BCUT2D eigenvalue weighted by Crippen LogP contribution is 2.21. The van der Waals surface area contributed by atoms with Crippen molar-refractivity contribution in [1.82, 2.24) is 0 Å². The van der Waals surface area contributed by atoms with Crippen LogP contribution in [0, 0.1) is 0 Å². The molecule has 0 saturated heterocycles. The van der Waals surface area contributed by atoms with Crippen LogP contribution in [0.4, 0.5) is 0 Å². The number of nitrogens with two attached hydrogens (primary N) is 1. The normalized spacial score (nSPS) is 13.9. The number of rotatable bonds is 4. The molecule has 86 valence electrons. The van der Waals surface area contributed by atoms with Crippen molar-refractivity contribution in [1.29, 1.82) is 0 Å². The molecule has 1 atom stereocenters. The van der Waals surface area contributed by atoms with Gasteiger partial charge >= 0.3 is 0 Å². The number of para-hydroxylation sites is 1. The first-order valence-electron chi connectivity index (χ1n) is 4.61. The standard InChI is InChI=1S/C11H17NO2.ClH/c1-11(12,8-13)7-9-5-3-4-6-10(9)14-2;/h3-6,13H,7-8,12H2,1-2H3;1H. The fraction of sp³-hybridized carbons (Fsp3) is 0.455. The average molecular weight is 232 g/mol. The second-order valence-corrected chi connectivity index (χ2v) is 3.80. The highest BCUT2D eigenvalue weighted by atomic mass is 35.5. The Labute approximate surface area is 96.7 Å². The van der Waals surface area contributed by atoms with Gasteiger partial charge in [-0.15, -0.1) is 12.4 Å². The Hall–Kier alpha value is -0.770. The second kappa shape index (κ2) is 5.95. The smallest absolute Gasteiger partial charge is 0.122 e. The van der Waals surface area contributed by atoms with Gasteiger partial charge in [0.2, 0.25) is 0 Å². The van der Waals surface area contributed by atoms with Gasteiger partial charge in [0.25, 0.3) is 0 Å². The van der Waals surface area contributed by atoms with Crippen LogP contribution in [0.3, 0.4) is 0 Å². The van der Waals surface area contributed by atoms with E-state index in [1.54, 1.807) is 7.11 Å². The number of methoxy groups -OCH3 is 1. The van der Waals surface area contributed by atoms with Crippen molar-refractivity contribution < 1.29 is 9.84 Å². The molecule has 15 heavy (non-hydrogen) atoms. The molecule has 1 aromatic carbocycles. The Morgan fingerprint density at radius 3 is 2.53 bits per heavy atom. The summed E-state index contributed by atoms with van der Waals surface area (Å²) in [6.45, 7) is 1.78. The third-order valence-electron chi connectivity index (χ3n) is 2.15. The molecule has 1 unspecified atom stereocenters. The van der Waals surface area contributed by atoms with E-state index in [1.165, 1.54) is 0 Å². The molecule has 0 amide bonds. The summed E-state index contributed by atoms with van der Waals surface area (Å²) in [5.74, 6) is 0.817. The minimum absolute atomic E-state index is 0. The Morgan fingerprint density at radius 1 is 1.40 bits per heavy atom. The lowest BCUT2D eigenvalue weighted by Crippen LogP contribution is -2.42. The predicted octanol–water partition coefficient (Wildman–Crippen LogP) is 1.37. The molecule has 0 fully saturated rings. The van der Waals surface area contributed by atoms with Gasteiger partial charge in [0, 0.05) is 5.54 Å². The van der Waals surface area contributed by atoms with Crippen LogP contribution >= 0.6 is 12.4 Å². The van der Waals surface area contributed by atoms with Gasteiger partial charge < -0.3 is 15.6 Å². The molecule has 0 aromatic heterocycles. The molecule has 0 bridgehead atoms. The molecule has 1 aromatic rings. The molecular formula is C11H18ClNO2. The van der Waals surface area contributed by atoms with Crippen molar-refractivity contribution >= 4 is 12.4 Å². The monoisotopic (exact) mass is 231 g/mol. The van der Waals surface area contributed by atoms with Crippen molar-refractivity contribution in [2.45, 2.75) is 18.9 Å².